The molecule has 2 heterocycles. The average molecular weight is 346 g/mol. The highest BCUT2D eigenvalue weighted by Crippen LogP contribution is 2.34. The molecule has 0 saturated carbocycles. The van der Waals surface area contributed by atoms with Gasteiger partial charge in [-0.25, -0.2) is 0 Å². The van der Waals surface area contributed by atoms with Crippen molar-refractivity contribution in [2.45, 2.75) is 31.8 Å². The zero-order chi connectivity index (χ0) is 17.7. The summed E-state index contributed by atoms with van der Waals surface area (Å²) < 4.78 is 11.2. The first-order valence-corrected chi connectivity index (χ1v) is 8.94. The van der Waals surface area contributed by atoms with Gasteiger partial charge in [-0.2, -0.15) is 0 Å². The van der Waals surface area contributed by atoms with Crippen molar-refractivity contribution in [1.82, 2.24) is 5.32 Å². The summed E-state index contributed by atoms with van der Waals surface area (Å²) in [6.45, 7) is 1.92. The van der Waals surface area contributed by atoms with Crippen molar-refractivity contribution >= 4 is 11.8 Å². The predicted octanol–water partition coefficient (Wildman–Crippen LogP) is 1.55. The molecule has 0 radical (unpaired) electrons. The Bertz CT molecular complexity index is 599. The Morgan fingerprint density at radius 2 is 1.88 bits per heavy atom. The van der Waals surface area contributed by atoms with E-state index >= 15 is 0 Å². The van der Waals surface area contributed by atoms with Gasteiger partial charge in [0.05, 0.1) is 17.4 Å². The monoisotopic (exact) mass is 346 g/mol. The number of ether oxygens (including phenoxy) is 2. The lowest BCUT2D eigenvalue weighted by Crippen LogP contribution is -2.51. The third-order valence-electron chi connectivity index (χ3n) is 5.36. The molecule has 6 nitrogen and oxygen atoms in total. The maximum atomic E-state index is 12.8. The van der Waals surface area contributed by atoms with Crippen LogP contribution in [0.2, 0.25) is 0 Å². The minimum Gasteiger partial charge on any atom is -0.381 e. The van der Waals surface area contributed by atoms with E-state index in [1.807, 2.05) is 30.3 Å². The lowest BCUT2D eigenvalue weighted by Gasteiger charge is -2.36. The molecule has 2 saturated heterocycles. The minimum absolute atomic E-state index is 0.0688. The molecule has 2 aliphatic rings. The van der Waals surface area contributed by atoms with Crippen LogP contribution in [0.5, 0.6) is 0 Å². The van der Waals surface area contributed by atoms with Crippen LogP contribution in [0.3, 0.4) is 0 Å². The number of amides is 2. The van der Waals surface area contributed by atoms with Gasteiger partial charge in [-0.05, 0) is 31.2 Å². The number of primary amides is 1. The van der Waals surface area contributed by atoms with E-state index in [9.17, 15) is 9.59 Å². The van der Waals surface area contributed by atoms with Gasteiger partial charge in [-0.3, -0.25) is 9.59 Å². The fourth-order valence-electron chi connectivity index (χ4n) is 3.68. The number of benzene rings is 1. The molecule has 136 valence electrons. The van der Waals surface area contributed by atoms with Gasteiger partial charge in [-0.15, -0.1) is 0 Å². The smallest absolute Gasteiger partial charge is 0.226 e. The van der Waals surface area contributed by atoms with Crippen LogP contribution in [0.4, 0.5) is 0 Å². The largest absolute Gasteiger partial charge is 0.381 e. The number of hydrogen-bond acceptors (Lipinski definition) is 4. The Kier molecular flexibility index (Phi) is 5.71. The normalized spacial score (nSPS) is 25.9. The summed E-state index contributed by atoms with van der Waals surface area (Å²) in [6, 6.07) is 9.82. The molecule has 0 aromatic heterocycles. The number of hydrogen-bond donors (Lipinski definition) is 2. The van der Waals surface area contributed by atoms with Gasteiger partial charge in [0.25, 0.3) is 0 Å². The molecule has 2 atom stereocenters. The summed E-state index contributed by atoms with van der Waals surface area (Å²) in [7, 11) is 0. The van der Waals surface area contributed by atoms with E-state index in [0.29, 0.717) is 32.7 Å². The van der Waals surface area contributed by atoms with E-state index in [-0.39, 0.29) is 30.4 Å². The molecule has 6 heteroatoms. The van der Waals surface area contributed by atoms with Crippen LogP contribution in [-0.2, 0) is 19.1 Å². The Hall–Kier alpha value is -1.92. The highest BCUT2D eigenvalue weighted by Gasteiger charge is 2.40. The summed E-state index contributed by atoms with van der Waals surface area (Å²) in [5.41, 5.74) is 5.92. The number of nitrogens with two attached hydrogens (primary N) is 1. The van der Waals surface area contributed by atoms with Crippen LogP contribution in [-0.4, -0.2) is 38.2 Å². The van der Waals surface area contributed by atoms with E-state index in [0.717, 1.165) is 18.4 Å². The second-order valence-corrected chi connectivity index (χ2v) is 6.93. The van der Waals surface area contributed by atoms with Gasteiger partial charge in [0.1, 0.15) is 0 Å². The van der Waals surface area contributed by atoms with E-state index in [4.69, 9.17) is 15.2 Å². The second kappa shape index (κ2) is 7.97. The van der Waals surface area contributed by atoms with Gasteiger partial charge in [0.15, 0.2) is 0 Å². The Morgan fingerprint density at radius 3 is 2.56 bits per heavy atom. The summed E-state index contributed by atoms with van der Waals surface area (Å²) in [5.74, 6) is -0.683. The van der Waals surface area contributed by atoms with Gasteiger partial charge in [0.2, 0.25) is 11.8 Å². The van der Waals surface area contributed by atoms with Gasteiger partial charge in [-0.1, -0.05) is 30.3 Å². The third kappa shape index (κ3) is 4.02. The SMILES string of the molecule is NC(=O)C1(CNC(=O)[C@@H]2CCCO[C@H]2c2ccccc2)CCOCC1. The van der Waals surface area contributed by atoms with Gasteiger partial charge in [0, 0.05) is 26.4 Å². The molecule has 2 aliphatic heterocycles. The molecule has 0 unspecified atom stereocenters. The fraction of sp³-hybridized carbons (Fsp3) is 0.579. The Morgan fingerprint density at radius 1 is 1.16 bits per heavy atom. The first-order valence-electron chi connectivity index (χ1n) is 8.94. The van der Waals surface area contributed by atoms with Crippen molar-refractivity contribution < 1.29 is 19.1 Å². The second-order valence-electron chi connectivity index (χ2n) is 6.93. The topological polar surface area (TPSA) is 90.7 Å². The van der Waals surface area contributed by atoms with Crippen LogP contribution in [0.15, 0.2) is 30.3 Å². The molecule has 3 rings (SSSR count). The first-order chi connectivity index (χ1) is 12.1. The number of nitrogens with one attached hydrogen (secondary N) is 1. The molecule has 1 aromatic rings. The standard InChI is InChI=1S/C19H26N2O4/c20-18(23)19(8-11-24-12-9-19)13-21-17(22)15-7-4-10-25-16(15)14-5-2-1-3-6-14/h1-3,5-6,15-16H,4,7-13H2,(H2,20,23)(H,21,22)/t15-,16+/m1/s1. The number of carbonyl (C=O) groups excluding carboxylic acids is 2. The van der Waals surface area contributed by atoms with Crippen molar-refractivity contribution in [3.05, 3.63) is 35.9 Å². The van der Waals surface area contributed by atoms with Crippen LogP contribution in [0.25, 0.3) is 0 Å². The zero-order valence-electron chi connectivity index (χ0n) is 14.4. The van der Waals surface area contributed by atoms with Crippen LogP contribution in [0, 0.1) is 11.3 Å². The lowest BCUT2D eigenvalue weighted by molar-refractivity contribution is -0.138. The van der Waals surface area contributed by atoms with Crippen molar-refractivity contribution in [3.8, 4) is 0 Å². The molecular weight excluding hydrogens is 320 g/mol. The Balaban J connectivity index is 1.67. The van der Waals surface area contributed by atoms with Crippen LogP contribution >= 0.6 is 0 Å². The summed E-state index contributed by atoms with van der Waals surface area (Å²) in [4.78, 5) is 24.8. The molecule has 0 aliphatic carbocycles. The molecule has 1 aromatic carbocycles. The van der Waals surface area contributed by atoms with Crippen molar-refractivity contribution in [2.75, 3.05) is 26.4 Å². The average Bonchev–Trinajstić information content (AvgIpc) is 2.67. The maximum absolute atomic E-state index is 12.8. The van der Waals surface area contributed by atoms with E-state index in [2.05, 4.69) is 5.32 Å². The quantitative estimate of drug-likeness (QED) is 0.846. The summed E-state index contributed by atoms with van der Waals surface area (Å²) in [5, 5.41) is 2.97. The lowest BCUT2D eigenvalue weighted by atomic mass is 9.79. The molecule has 2 fully saturated rings. The maximum Gasteiger partial charge on any atom is 0.226 e. The van der Waals surface area contributed by atoms with Gasteiger partial charge < -0.3 is 20.5 Å². The molecule has 25 heavy (non-hydrogen) atoms. The first kappa shape index (κ1) is 17.9. The molecule has 0 bridgehead atoms. The highest BCUT2D eigenvalue weighted by atomic mass is 16.5. The summed E-state index contributed by atoms with van der Waals surface area (Å²) in [6.07, 6.45) is 2.49. The van der Waals surface area contributed by atoms with Crippen molar-refractivity contribution in [2.24, 2.45) is 17.1 Å². The third-order valence-corrected chi connectivity index (χ3v) is 5.36. The van der Waals surface area contributed by atoms with Crippen LogP contribution < -0.4 is 11.1 Å². The van der Waals surface area contributed by atoms with Crippen molar-refractivity contribution in [1.29, 1.82) is 0 Å². The Labute approximate surface area is 148 Å². The predicted molar refractivity (Wildman–Crippen MR) is 92.5 cm³/mol. The van der Waals surface area contributed by atoms with E-state index < -0.39 is 5.41 Å². The van der Waals surface area contributed by atoms with Crippen molar-refractivity contribution in [3.63, 3.8) is 0 Å². The molecule has 3 N–H and O–H groups in total. The zero-order valence-corrected chi connectivity index (χ0v) is 14.4. The number of carbonyl (C=O) groups is 2. The highest BCUT2D eigenvalue weighted by molar-refractivity contribution is 5.84. The minimum atomic E-state index is -0.703. The van der Waals surface area contributed by atoms with Gasteiger partial charge >= 0.3 is 0 Å². The molecule has 0 spiro atoms. The molecule has 2 amide bonds. The fourth-order valence-corrected chi connectivity index (χ4v) is 3.68. The molecular formula is C19H26N2O4. The number of rotatable bonds is 5. The van der Waals surface area contributed by atoms with E-state index in [1.54, 1.807) is 0 Å². The van der Waals surface area contributed by atoms with Crippen LogP contribution in [0.1, 0.15) is 37.4 Å². The van der Waals surface area contributed by atoms with E-state index in [1.165, 1.54) is 0 Å². The summed E-state index contributed by atoms with van der Waals surface area (Å²) >= 11 is 0.